The number of benzene rings is 1. The lowest BCUT2D eigenvalue weighted by molar-refractivity contribution is -0.143. The quantitative estimate of drug-likeness (QED) is 0.441. The molecule has 0 saturated heterocycles. The molecule has 0 aliphatic carbocycles. The summed E-state index contributed by atoms with van der Waals surface area (Å²) in [7, 11) is 0. The number of carbonyl (C=O) groups is 4. The minimum atomic E-state index is -1.25. The fourth-order valence-electron chi connectivity index (χ4n) is 2.23. The molecule has 0 radical (unpaired) electrons. The summed E-state index contributed by atoms with van der Waals surface area (Å²) in [6, 6.07) is 8.66. The molecular formula is C18H25N3O5. The first-order valence-electron chi connectivity index (χ1n) is 8.32. The highest BCUT2D eigenvalue weighted by Gasteiger charge is 2.35. The van der Waals surface area contributed by atoms with Gasteiger partial charge in [0.25, 0.3) is 0 Å². The normalized spacial score (nSPS) is 12.5. The van der Waals surface area contributed by atoms with Gasteiger partial charge in [0.2, 0.25) is 17.7 Å². The van der Waals surface area contributed by atoms with Gasteiger partial charge in [-0.2, -0.15) is 0 Å². The SMILES string of the molecule is CC(=O)NCCNC(=O)CCC(=O)NCC(C)(C(=O)O)c1ccccc1. The third kappa shape index (κ3) is 6.92. The molecule has 8 nitrogen and oxygen atoms in total. The zero-order valence-electron chi connectivity index (χ0n) is 15.0. The van der Waals surface area contributed by atoms with Gasteiger partial charge in [0.05, 0.1) is 0 Å². The van der Waals surface area contributed by atoms with Gasteiger partial charge in [0, 0.05) is 39.4 Å². The third-order valence-corrected chi connectivity index (χ3v) is 3.92. The Kier molecular flexibility index (Phi) is 8.27. The summed E-state index contributed by atoms with van der Waals surface area (Å²) < 4.78 is 0. The van der Waals surface area contributed by atoms with E-state index in [0.29, 0.717) is 12.1 Å². The summed E-state index contributed by atoms with van der Waals surface area (Å²) in [6.45, 7) is 3.45. The Labute approximate surface area is 152 Å². The molecule has 0 spiro atoms. The first-order chi connectivity index (χ1) is 12.3. The van der Waals surface area contributed by atoms with Crippen LogP contribution in [0.1, 0.15) is 32.3 Å². The van der Waals surface area contributed by atoms with E-state index >= 15 is 0 Å². The Morgan fingerprint density at radius 2 is 1.46 bits per heavy atom. The lowest BCUT2D eigenvalue weighted by Gasteiger charge is -2.25. The Bertz CT molecular complexity index is 647. The van der Waals surface area contributed by atoms with Gasteiger partial charge < -0.3 is 21.1 Å². The Morgan fingerprint density at radius 1 is 0.923 bits per heavy atom. The number of carbonyl (C=O) groups excluding carboxylic acids is 3. The van der Waals surface area contributed by atoms with E-state index in [2.05, 4.69) is 16.0 Å². The molecule has 1 aromatic carbocycles. The first-order valence-corrected chi connectivity index (χ1v) is 8.32. The van der Waals surface area contributed by atoms with E-state index in [4.69, 9.17) is 0 Å². The van der Waals surface area contributed by atoms with Gasteiger partial charge in [-0.05, 0) is 12.5 Å². The molecule has 1 unspecified atom stereocenters. The van der Waals surface area contributed by atoms with Gasteiger partial charge in [0.15, 0.2) is 0 Å². The van der Waals surface area contributed by atoms with Crippen LogP contribution in [0.2, 0.25) is 0 Å². The van der Waals surface area contributed by atoms with Crippen LogP contribution in [-0.2, 0) is 24.6 Å². The van der Waals surface area contributed by atoms with Crippen molar-refractivity contribution in [3.05, 3.63) is 35.9 Å². The van der Waals surface area contributed by atoms with E-state index in [9.17, 15) is 24.3 Å². The molecule has 1 atom stereocenters. The maximum Gasteiger partial charge on any atom is 0.315 e. The number of aliphatic carboxylic acids is 1. The van der Waals surface area contributed by atoms with Crippen molar-refractivity contribution in [1.29, 1.82) is 0 Å². The fraction of sp³-hybridized carbons (Fsp3) is 0.444. The van der Waals surface area contributed by atoms with Gasteiger partial charge >= 0.3 is 5.97 Å². The van der Waals surface area contributed by atoms with Crippen LogP contribution in [-0.4, -0.2) is 48.4 Å². The molecule has 0 heterocycles. The average molecular weight is 363 g/mol. The highest BCUT2D eigenvalue weighted by molar-refractivity contribution is 5.85. The van der Waals surface area contributed by atoms with Crippen molar-refractivity contribution in [2.75, 3.05) is 19.6 Å². The summed E-state index contributed by atoms with van der Waals surface area (Å²) in [5, 5.41) is 17.2. The fourth-order valence-corrected chi connectivity index (χ4v) is 2.23. The monoisotopic (exact) mass is 363 g/mol. The second-order valence-corrected chi connectivity index (χ2v) is 6.11. The standard InChI is InChI=1S/C18H25N3O5/c1-13(22)19-10-11-20-15(23)8-9-16(24)21-12-18(2,17(25)26)14-6-4-3-5-7-14/h3-7H,8-12H2,1-2H3,(H,19,22)(H,20,23)(H,21,24)(H,25,26). The molecule has 0 aromatic heterocycles. The van der Waals surface area contributed by atoms with Crippen LogP contribution in [0.4, 0.5) is 0 Å². The largest absolute Gasteiger partial charge is 0.481 e. The number of hydrogen-bond acceptors (Lipinski definition) is 4. The lowest BCUT2D eigenvalue weighted by atomic mass is 9.82. The maximum absolute atomic E-state index is 11.9. The lowest BCUT2D eigenvalue weighted by Crippen LogP contribution is -2.44. The summed E-state index contributed by atoms with van der Waals surface area (Å²) >= 11 is 0. The van der Waals surface area contributed by atoms with E-state index < -0.39 is 17.3 Å². The molecule has 0 saturated carbocycles. The summed E-state index contributed by atoms with van der Waals surface area (Å²) in [4.78, 5) is 45.9. The van der Waals surface area contributed by atoms with Crippen LogP contribution in [0, 0.1) is 0 Å². The highest BCUT2D eigenvalue weighted by Crippen LogP contribution is 2.23. The molecule has 0 aliphatic rings. The number of rotatable bonds is 10. The predicted molar refractivity (Wildman–Crippen MR) is 95.4 cm³/mol. The van der Waals surface area contributed by atoms with Gasteiger partial charge in [0.1, 0.15) is 5.41 Å². The molecule has 8 heteroatoms. The van der Waals surface area contributed by atoms with Crippen LogP contribution in [0.15, 0.2) is 30.3 Å². The van der Waals surface area contributed by atoms with Crippen molar-refractivity contribution >= 4 is 23.7 Å². The van der Waals surface area contributed by atoms with Gasteiger partial charge in [-0.3, -0.25) is 19.2 Å². The second-order valence-electron chi connectivity index (χ2n) is 6.11. The van der Waals surface area contributed by atoms with Crippen molar-refractivity contribution in [2.45, 2.75) is 32.1 Å². The topological polar surface area (TPSA) is 125 Å². The number of carboxylic acid groups (broad SMARTS) is 1. The second kappa shape index (κ2) is 10.2. The minimum Gasteiger partial charge on any atom is -0.481 e. The third-order valence-electron chi connectivity index (χ3n) is 3.92. The van der Waals surface area contributed by atoms with Gasteiger partial charge in [-0.25, -0.2) is 0 Å². The maximum atomic E-state index is 11.9. The molecule has 1 rings (SSSR count). The minimum absolute atomic E-state index is 0.0129. The molecule has 0 bridgehead atoms. The number of nitrogens with one attached hydrogen (secondary N) is 3. The van der Waals surface area contributed by atoms with Crippen molar-refractivity contribution in [3.63, 3.8) is 0 Å². The molecule has 142 valence electrons. The Balaban J connectivity index is 2.41. The van der Waals surface area contributed by atoms with E-state index in [1.54, 1.807) is 37.3 Å². The smallest absolute Gasteiger partial charge is 0.315 e. The van der Waals surface area contributed by atoms with E-state index in [1.807, 2.05) is 0 Å². The average Bonchev–Trinajstić information content (AvgIpc) is 2.61. The zero-order chi connectivity index (χ0) is 19.6. The number of amides is 3. The summed E-state index contributed by atoms with van der Waals surface area (Å²) in [6.07, 6.45) is -0.0580. The Morgan fingerprint density at radius 3 is 2.00 bits per heavy atom. The van der Waals surface area contributed by atoms with Crippen molar-refractivity contribution in [2.24, 2.45) is 0 Å². The summed E-state index contributed by atoms with van der Waals surface area (Å²) in [5.41, 5.74) is -0.666. The first kappa shape index (κ1) is 21.1. The van der Waals surface area contributed by atoms with Crippen LogP contribution >= 0.6 is 0 Å². The van der Waals surface area contributed by atoms with Crippen LogP contribution in [0.5, 0.6) is 0 Å². The van der Waals surface area contributed by atoms with Crippen molar-refractivity contribution < 1.29 is 24.3 Å². The predicted octanol–water partition coefficient (Wildman–Crippen LogP) is 0.178. The van der Waals surface area contributed by atoms with Gasteiger partial charge in [-0.15, -0.1) is 0 Å². The molecule has 0 fully saturated rings. The zero-order valence-corrected chi connectivity index (χ0v) is 15.0. The molecular weight excluding hydrogens is 338 g/mol. The molecule has 3 amide bonds. The van der Waals surface area contributed by atoms with Crippen LogP contribution < -0.4 is 16.0 Å². The van der Waals surface area contributed by atoms with Crippen molar-refractivity contribution in [3.8, 4) is 0 Å². The summed E-state index contributed by atoms with van der Waals surface area (Å²) in [5.74, 6) is -1.93. The van der Waals surface area contributed by atoms with Crippen LogP contribution in [0.3, 0.4) is 0 Å². The van der Waals surface area contributed by atoms with Crippen LogP contribution in [0.25, 0.3) is 0 Å². The number of hydrogen-bond donors (Lipinski definition) is 4. The van der Waals surface area contributed by atoms with E-state index in [0.717, 1.165) is 0 Å². The molecule has 0 aliphatic heterocycles. The van der Waals surface area contributed by atoms with E-state index in [1.165, 1.54) is 6.92 Å². The Hall–Kier alpha value is -2.90. The highest BCUT2D eigenvalue weighted by atomic mass is 16.4. The number of carboxylic acids is 1. The molecule has 1 aromatic rings. The van der Waals surface area contributed by atoms with E-state index in [-0.39, 0.29) is 37.7 Å². The van der Waals surface area contributed by atoms with Crippen molar-refractivity contribution in [1.82, 2.24) is 16.0 Å². The van der Waals surface area contributed by atoms with Gasteiger partial charge in [-0.1, -0.05) is 30.3 Å². The molecule has 4 N–H and O–H groups in total. The molecule has 26 heavy (non-hydrogen) atoms.